The van der Waals surface area contributed by atoms with E-state index in [4.69, 9.17) is 10.5 Å². The first-order chi connectivity index (χ1) is 17.0. The molecule has 1 saturated heterocycles. The molecular formula is C23H24F3N5O3S2. The number of nitrogens with two attached hydrogens (primary N) is 1. The van der Waals surface area contributed by atoms with Gasteiger partial charge in [-0.05, 0) is 36.2 Å². The zero-order chi connectivity index (χ0) is 25.7. The summed E-state index contributed by atoms with van der Waals surface area (Å²) in [6, 6.07) is 6.58. The van der Waals surface area contributed by atoms with Gasteiger partial charge in [0.25, 0.3) is 0 Å². The number of anilines is 3. The highest BCUT2D eigenvalue weighted by Crippen LogP contribution is 2.42. The molecule has 0 aliphatic carbocycles. The number of rotatable bonds is 5. The molecule has 0 radical (unpaired) electrons. The maximum Gasteiger partial charge on any atom is 0.420 e. The van der Waals surface area contributed by atoms with Crippen molar-refractivity contribution in [3.63, 3.8) is 0 Å². The van der Waals surface area contributed by atoms with Gasteiger partial charge in [-0.3, -0.25) is 4.90 Å². The summed E-state index contributed by atoms with van der Waals surface area (Å²) in [6.45, 7) is 3.63. The van der Waals surface area contributed by atoms with Gasteiger partial charge in [0.2, 0.25) is 5.95 Å². The number of fused-ring (bicyclic) bond motifs is 1. The molecule has 2 aromatic heterocycles. The molecule has 1 aromatic carbocycles. The second-order valence-electron chi connectivity index (χ2n) is 8.73. The van der Waals surface area contributed by atoms with Crippen LogP contribution >= 0.6 is 11.3 Å². The van der Waals surface area contributed by atoms with Crippen molar-refractivity contribution in [1.82, 2.24) is 14.9 Å². The van der Waals surface area contributed by atoms with Crippen molar-refractivity contribution in [1.29, 1.82) is 0 Å². The van der Waals surface area contributed by atoms with Crippen molar-refractivity contribution in [2.24, 2.45) is 0 Å². The zero-order valence-electron chi connectivity index (χ0n) is 19.3. The Morgan fingerprint density at radius 2 is 2.06 bits per heavy atom. The van der Waals surface area contributed by atoms with Gasteiger partial charge in [-0.15, -0.1) is 11.3 Å². The van der Waals surface area contributed by atoms with Crippen LogP contribution in [-0.2, 0) is 33.7 Å². The lowest BCUT2D eigenvalue weighted by molar-refractivity contribution is -0.137. The first kappa shape index (κ1) is 24.9. The van der Waals surface area contributed by atoms with Crippen LogP contribution in [0.15, 0.2) is 35.4 Å². The van der Waals surface area contributed by atoms with E-state index in [0.717, 1.165) is 23.1 Å². The van der Waals surface area contributed by atoms with Crippen LogP contribution in [0.2, 0.25) is 0 Å². The largest absolute Gasteiger partial charge is 0.420 e. The summed E-state index contributed by atoms with van der Waals surface area (Å²) in [5.41, 5.74) is 6.50. The first-order valence-electron chi connectivity index (χ1n) is 11.3. The number of aromatic nitrogens is 2. The number of hydrogen-bond donors (Lipinski definition) is 2. The molecule has 1 fully saturated rings. The molecule has 13 heteroatoms. The predicted octanol–water partition coefficient (Wildman–Crippen LogP) is 4.10. The Labute approximate surface area is 210 Å². The number of halogens is 3. The Kier molecular flexibility index (Phi) is 6.43. The number of sulfone groups is 1. The average molecular weight is 540 g/mol. The molecular weight excluding hydrogens is 515 g/mol. The van der Waals surface area contributed by atoms with Gasteiger partial charge in [0.1, 0.15) is 5.56 Å². The van der Waals surface area contributed by atoms with Crippen molar-refractivity contribution < 1.29 is 26.3 Å². The number of thiophene rings is 1. The maximum absolute atomic E-state index is 13.9. The fourth-order valence-electron chi connectivity index (χ4n) is 4.24. The standard InChI is InChI=1S/C23H24F3N5O3S2/c1-2-13-7-14(27)3-4-17(13)29-22-28-9-16(23(24,25)26)21(30-22)18-8-20-19(35-18)10-31(15-11-34-12-15)5-6-36(20,32)33/h3-4,7-9,15H,2,5-6,10-12,27H2,1H3,(H,28,29,30). The number of nitrogens with one attached hydrogen (secondary N) is 1. The molecule has 2 aliphatic rings. The normalized spacial score (nSPS) is 18.3. The monoisotopic (exact) mass is 539 g/mol. The minimum Gasteiger partial charge on any atom is -0.399 e. The van der Waals surface area contributed by atoms with E-state index in [0.29, 0.717) is 49.0 Å². The minimum atomic E-state index is -4.72. The third kappa shape index (κ3) is 4.80. The number of hydrogen-bond acceptors (Lipinski definition) is 9. The molecule has 5 rings (SSSR count). The van der Waals surface area contributed by atoms with Crippen LogP contribution in [0, 0.1) is 0 Å². The van der Waals surface area contributed by atoms with E-state index in [2.05, 4.69) is 15.3 Å². The Hall–Kier alpha value is -2.74. The van der Waals surface area contributed by atoms with Crippen molar-refractivity contribution in [3.05, 3.63) is 46.5 Å². The molecule has 3 aromatic rings. The minimum absolute atomic E-state index is 0.0304. The molecule has 192 valence electrons. The number of nitrogen functional groups attached to an aromatic ring is 1. The highest BCUT2D eigenvalue weighted by Gasteiger charge is 2.38. The lowest BCUT2D eigenvalue weighted by Crippen LogP contribution is -2.49. The Bertz CT molecular complexity index is 1400. The SMILES string of the molecule is CCc1cc(N)ccc1Nc1ncc(C(F)(F)F)c(-c2cc3c(s2)CN(C2COC2)CCS3(=O)=O)n1. The number of alkyl halides is 3. The molecule has 8 nitrogen and oxygen atoms in total. The summed E-state index contributed by atoms with van der Waals surface area (Å²) in [4.78, 5) is 10.8. The Balaban J connectivity index is 1.57. The second kappa shape index (κ2) is 9.29. The summed E-state index contributed by atoms with van der Waals surface area (Å²) in [7, 11) is -3.66. The van der Waals surface area contributed by atoms with E-state index in [1.165, 1.54) is 6.07 Å². The molecule has 0 spiro atoms. The average Bonchev–Trinajstić information content (AvgIpc) is 3.17. The topological polar surface area (TPSA) is 110 Å². The van der Waals surface area contributed by atoms with Crippen molar-refractivity contribution in [3.8, 4) is 10.6 Å². The predicted molar refractivity (Wildman–Crippen MR) is 131 cm³/mol. The van der Waals surface area contributed by atoms with Crippen molar-refractivity contribution in [2.75, 3.05) is 36.6 Å². The Morgan fingerprint density at radius 1 is 1.28 bits per heavy atom. The molecule has 0 saturated carbocycles. The van der Waals surface area contributed by atoms with Crippen LogP contribution in [0.1, 0.15) is 22.9 Å². The molecule has 0 unspecified atom stereocenters. The van der Waals surface area contributed by atoms with Gasteiger partial charge >= 0.3 is 6.18 Å². The van der Waals surface area contributed by atoms with Crippen LogP contribution in [0.4, 0.5) is 30.5 Å². The van der Waals surface area contributed by atoms with Gasteiger partial charge in [0, 0.05) is 35.5 Å². The summed E-state index contributed by atoms with van der Waals surface area (Å²) in [6.07, 6.45) is -3.36. The molecule has 0 atom stereocenters. The van der Waals surface area contributed by atoms with Gasteiger partial charge in [0.15, 0.2) is 9.84 Å². The first-order valence-corrected chi connectivity index (χ1v) is 13.8. The number of nitrogens with zero attached hydrogens (tertiary/aromatic N) is 3. The number of aryl methyl sites for hydroxylation is 1. The molecule has 3 N–H and O–H groups in total. The summed E-state index contributed by atoms with van der Waals surface area (Å²) >= 11 is 1.02. The lowest BCUT2D eigenvalue weighted by atomic mass is 10.1. The van der Waals surface area contributed by atoms with Gasteiger partial charge in [-0.1, -0.05) is 6.92 Å². The molecule has 36 heavy (non-hydrogen) atoms. The smallest absolute Gasteiger partial charge is 0.399 e. The summed E-state index contributed by atoms with van der Waals surface area (Å²) in [5.74, 6) is -0.135. The number of ether oxygens (including phenoxy) is 1. The zero-order valence-corrected chi connectivity index (χ0v) is 20.9. The molecule has 2 aliphatic heterocycles. The van der Waals surface area contributed by atoms with Crippen LogP contribution in [0.5, 0.6) is 0 Å². The molecule has 4 heterocycles. The van der Waals surface area contributed by atoms with Crippen LogP contribution in [0.3, 0.4) is 0 Å². The van der Waals surface area contributed by atoms with E-state index in [1.807, 2.05) is 11.8 Å². The highest BCUT2D eigenvalue weighted by molar-refractivity contribution is 7.91. The van der Waals surface area contributed by atoms with Gasteiger partial charge in [0.05, 0.1) is 40.5 Å². The van der Waals surface area contributed by atoms with Crippen LogP contribution < -0.4 is 11.1 Å². The summed E-state index contributed by atoms with van der Waals surface area (Å²) < 4.78 is 73.0. The fourth-order valence-corrected chi connectivity index (χ4v) is 7.31. The van der Waals surface area contributed by atoms with E-state index in [1.54, 1.807) is 18.2 Å². The maximum atomic E-state index is 13.9. The van der Waals surface area contributed by atoms with Gasteiger partial charge in [-0.25, -0.2) is 18.4 Å². The van der Waals surface area contributed by atoms with Crippen LogP contribution in [-0.4, -0.2) is 54.8 Å². The van der Waals surface area contributed by atoms with Crippen LogP contribution in [0.25, 0.3) is 10.6 Å². The lowest BCUT2D eigenvalue weighted by Gasteiger charge is -2.36. The summed E-state index contributed by atoms with van der Waals surface area (Å²) in [5, 5.41) is 2.98. The third-order valence-electron chi connectivity index (χ3n) is 6.32. The molecule has 0 amide bonds. The van der Waals surface area contributed by atoms with Gasteiger partial charge < -0.3 is 15.8 Å². The Morgan fingerprint density at radius 3 is 2.72 bits per heavy atom. The number of benzene rings is 1. The molecule has 0 bridgehead atoms. The van der Waals surface area contributed by atoms with E-state index >= 15 is 0 Å². The second-order valence-corrected chi connectivity index (χ2v) is 11.9. The highest BCUT2D eigenvalue weighted by atomic mass is 32.2. The van der Waals surface area contributed by atoms with Crippen molar-refractivity contribution in [2.45, 2.75) is 37.0 Å². The van der Waals surface area contributed by atoms with E-state index in [-0.39, 0.29) is 33.2 Å². The quantitative estimate of drug-likeness (QED) is 0.467. The van der Waals surface area contributed by atoms with Gasteiger partial charge in [-0.2, -0.15) is 13.2 Å². The van der Waals surface area contributed by atoms with Crippen molar-refractivity contribution >= 4 is 38.5 Å². The fraction of sp³-hybridized carbons (Fsp3) is 0.391. The third-order valence-corrected chi connectivity index (χ3v) is 9.33. The van der Waals surface area contributed by atoms with E-state index in [9.17, 15) is 21.6 Å². The van der Waals surface area contributed by atoms with E-state index < -0.39 is 21.6 Å².